The summed E-state index contributed by atoms with van der Waals surface area (Å²) in [6, 6.07) is 12.9. The summed E-state index contributed by atoms with van der Waals surface area (Å²) in [6.45, 7) is 6.14. The zero-order chi connectivity index (χ0) is 14.0. The van der Waals surface area contributed by atoms with Gasteiger partial charge in [-0.25, -0.2) is 4.21 Å². The van der Waals surface area contributed by atoms with Gasteiger partial charge in [0, 0.05) is 4.90 Å². The minimum atomic E-state index is -1.34. The van der Waals surface area contributed by atoms with Crippen LogP contribution in [0.2, 0.25) is 0 Å². The third-order valence-electron chi connectivity index (χ3n) is 3.09. The second-order valence-corrected chi connectivity index (χ2v) is 6.41. The van der Waals surface area contributed by atoms with E-state index in [1.165, 1.54) is 0 Å². The van der Waals surface area contributed by atoms with Gasteiger partial charge < -0.3 is 5.11 Å². The molecule has 1 unspecified atom stereocenters. The smallest absolute Gasteiger partial charge is 0.132 e. The predicted molar refractivity (Wildman–Crippen MR) is 78.0 cm³/mol. The number of aromatic hydroxyl groups is 1. The van der Waals surface area contributed by atoms with Crippen molar-refractivity contribution in [3.05, 3.63) is 53.6 Å². The van der Waals surface area contributed by atoms with E-state index in [1.54, 1.807) is 6.07 Å². The van der Waals surface area contributed by atoms with Crippen molar-refractivity contribution in [1.82, 2.24) is 0 Å². The predicted octanol–water partition coefficient (Wildman–Crippen LogP) is 3.99. The molecule has 2 nitrogen and oxygen atoms in total. The number of benzene rings is 2. The van der Waals surface area contributed by atoms with Crippen LogP contribution in [-0.2, 0) is 10.8 Å². The lowest BCUT2D eigenvalue weighted by Crippen LogP contribution is -1.96. The fourth-order valence-electron chi connectivity index (χ4n) is 1.83. The minimum Gasteiger partial charge on any atom is -0.507 e. The molecule has 0 aliphatic rings. The fraction of sp³-hybridized carbons (Fsp3) is 0.250. The van der Waals surface area contributed by atoms with Crippen molar-refractivity contribution in [2.75, 3.05) is 0 Å². The second kappa shape index (κ2) is 5.57. The van der Waals surface area contributed by atoms with Gasteiger partial charge in [-0.15, -0.1) is 0 Å². The zero-order valence-electron chi connectivity index (χ0n) is 11.4. The van der Waals surface area contributed by atoms with E-state index in [0.717, 1.165) is 11.1 Å². The molecule has 0 saturated carbocycles. The van der Waals surface area contributed by atoms with E-state index in [4.69, 9.17) is 0 Å². The Balaban J connectivity index is 2.43. The van der Waals surface area contributed by atoms with Gasteiger partial charge in [0.2, 0.25) is 0 Å². The SMILES string of the molecule is Cc1ccc(S(=O)c2cc(C(C)C)ccc2O)cc1. The van der Waals surface area contributed by atoms with Crippen molar-refractivity contribution in [3.63, 3.8) is 0 Å². The van der Waals surface area contributed by atoms with Gasteiger partial charge in [0.05, 0.1) is 15.7 Å². The van der Waals surface area contributed by atoms with Crippen LogP contribution >= 0.6 is 0 Å². The van der Waals surface area contributed by atoms with Gasteiger partial charge in [-0.1, -0.05) is 37.6 Å². The van der Waals surface area contributed by atoms with Crippen molar-refractivity contribution < 1.29 is 9.32 Å². The van der Waals surface area contributed by atoms with E-state index in [9.17, 15) is 9.32 Å². The summed E-state index contributed by atoms with van der Waals surface area (Å²) in [6.07, 6.45) is 0. The summed E-state index contributed by atoms with van der Waals surface area (Å²) >= 11 is 0. The molecule has 0 fully saturated rings. The Morgan fingerprint density at radius 2 is 1.68 bits per heavy atom. The van der Waals surface area contributed by atoms with Crippen LogP contribution in [0.15, 0.2) is 52.3 Å². The van der Waals surface area contributed by atoms with Gasteiger partial charge >= 0.3 is 0 Å². The van der Waals surface area contributed by atoms with Crippen LogP contribution in [0.4, 0.5) is 0 Å². The Bertz CT molecular complexity index is 601. The Labute approximate surface area is 116 Å². The van der Waals surface area contributed by atoms with E-state index in [0.29, 0.717) is 15.7 Å². The highest BCUT2D eigenvalue weighted by molar-refractivity contribution is 7.85. The third kappa shape index (κ3) is 3.04. The van der Waals surface area contributed by atoms with Crippen LogP contribution in [0.1, 0.15) is 30.9 Å². The molecule has 0 aromatic heterocycles. The molecule has 19 heavy (non-hydrogen) atoms. The highest BCUT2D eigenvalue weighted by Gasteiger charge is 2.13. The summed E-state index contributed by atoms with van der Waals surface area (Å²) < 4.78 is 12.5. The molecule has 1 atom stereocenters. The van der Waals surface area contributed by atoms with Gasteiger partial charge in [0.1, 0.15) is 5.75 Å². The van der Waals surface area contributed by atoms with E-state index < -0.39 is 10.8 Å². The lowest BCUT2D eigenvalue weighted by molar-refractivity contribution is 0.460. The lowest BCUT2D eigenvalue weighted by atomic mass is 10.0. The van der Waals surface area contributed by atoms with E-state index >= 15 is 0 Å². The van der Waals surface area contributed by atoms with Crippen molar-refractivity contribution >= 4 is 10.8 Å². The van der Waals surface area contributed by atoms with Crippen molar-refractivity contribution in [2.45, 2.75) is 36.5 Å². The number of phenols is 1. The molecule has 100 valence electrons. The Morgan fingerprint density at radius 3 is 2.26 bits per heavy atom. The highest BCUT2D eigenvalue weighted by Crippen LogP contribution is 2.29. The van der Waals surface area contributed by atoms with Crippen molar-refractivity contribution in [3.8, 4) is 5.75 Å². The van der Waals surface area contributed by atoms with Crippen molar-refractivity contribution in [2.24, 2.45) is 0 Å². The zero-order valence-corrected chi connectivity index (χ0v) is 12.2. The van der Waals surface area contributed by atoms with Gasteiger partial charge in [-0.3, -0.25) is 0 Å². The molecule has 3 heteroatoms. The first-order chi connectivity index (χ1) is 8.99. The first-order valence-corrected chi connectivity index (χ1v) is 7.45. The highest BCUT2D eigenvalue weighted by atomic mass is 32.2. The monoisotopic (exact) mass is 274 g/mol. The normalized spacial score (nSPS) is 12.6. The largest absolute Gasteiger partial charge is 0.507 e. The van der Waals surface area contributed by atoms with Gasteiger partial charge in [0.25, 0.3) is 0 Å². The molecule has 0 radical (unpaired) electrons. The van der Waals surface area contributed by atoms with Gasteiger partial charge in [-0.05, 0) is 42.7 Å². The molecule has 0 amide bonds. The number of aryl methyl sites for hydroxylation is 1. The van der Waals surface area contributed by atoms with Crippen LogP contribution in [0.25, 0.3) is 0 Å². The summed E-state index contributed by atoms with van der Waals surface area (Å²) in [5.74, 6) is 0.428. The van der Waals surface area contributed by atoms with E-state index in [2.05, 4.69) is 13.8 Å². The quantitative estimate of drug-likeness (QED) is 0.919. The molecule has 0 aliphatic carbocycles. The molecule has 2 rings (SSSR count). The summed E-state index contributed by atoms with van der Waals surface area (Å²) in [5.41, 5.74) is 2.20. The second-order valence-electron chi connectivity index (χ2n) is 4.96. The molecular formula is C16H18O2S. The lowest BCUT2D eigenvalue weighted by Gasteiger charge is -2.10. The molecule has 1 N–H and O–H groups in total. The molecular weight excluding hydrogens is 256 g/mol. The third-order valence-corrected chi connectivity index (χ3v) is 4.51. The maximum absolute atomic E-state index is 12.5. The number of hydrogen-bond donors (Lipinski definition) is 1. The number of hydrogen-bond acceptors (Lipinski definition) is 2. The number of rotatable bonds is 3. The summed E-state index contributed by atoms with van der Waals surface area (Å²) in [5, 5.41) is 9.91. The van der Waals surface area contributed by atoms with Crippen LogP contribution < -0.4 is 0 Å². The van der Waals surface area contributed by atoms with Crippen molar-refractivity contribution in [1.29, 1.82) is 0 Å². The summed E-state index contributed by atoms with van der Waals surface area (Å²) in [4.78, 5) is 1.19. The number of phenolic OH excluding ortho intramolecular Hbond substituents is 1. The standard InChI is InChI=1S/C16H18O2S/c1-11(2)13-6-9-15(17)16(10-13)19(18)14-7-4-12(3)5-8-14/h4-11,17H,1-3H3. The average molecular weight is 274 g/mol. The maximum Gasteiger partial charge on any atom is 0.132 e. The molecule has 0 heterocycles. The maximum atomic E-state index is 12.5. The summed E-state index contributed by atoms with van der Waals surface area (Å²) in [7, 11) is -1.34. The average Bonchev–Trinajstić information content (AvgIpc) is 2.39. The van der Waals surface area contributed by atoms with Gasteiger partial charge in [-0.2, -0.15) is 0 Å². The van der Waals surface area contributed by atoms with Crippen LogP contribution in [-0.4, -0.2) is 9.32 Å². The van der Waals surface area contributed by atoms with E-state index in [-0.39, 0.29) is 5.75 Å². The Kier molecular flexibility index (Phi) is 4.05. The van der Waals surface area contributed by atoms with E-state index in [1.807, 2.05) is 43.3 Å². The first kappa shape index (κ1) is 13.8. The first-order valence-electron chi connectivity index (χ1n) is 6.30. The van der Waals surface area contributed by atoms with Crippen LogP contribution in [0.5, 0.6) is 5.75 Å². The minimum absolute atomic E-state index is 0.0864. The fourth-order valence-corrected chi connectivity index (χ4v) is 2.97. The van der Waals surface area contributed by atoms with Gasteiger partial charge in [0.15, 0.2) is 0 Å². The molecule has 0 bridgehead atoms. The van der Waals surface area contributed by atoms with Crippen LogP contribution in [0, 0.1) is 6.92 Å². The molecule has 0 spiro atoms. The molecule has 2 aromatic rings. The Hall–Kier alpha value is -1.61. The molecule has 2 aromatic carbocycles. The Morgan fingerprint density at radius 1 is 1.05 bits per heavy atom. The molecule has 0 aliphatic heterocycles. The topological polar surface area (TPSA) is 37.3 Å². The molecule has 0 saturated heterocycles. The van der Waals surface area contributed by atoms with Crippen LogP contribution in [0.3, 0.4) is 0 Å².